The van der Waals surface area contributed by atoms with Crippen molar-refractivity contribution in [1.29, 1.82) is 0 Å². The maximum atomic E-state index is 13.6. The lowest BCUT2D eigenvalue weighted by atomic mass is 10.1. The van der Waals surface area contributed by atoms with Crippen molar-refractivity contribution in [3.63, 3.8) is 0 Å². The number of para-hydroxylation sites is 3. The molecule has 0 atom stereocenters. The fraction of sp³-hybridized carbons (Fsp3) is 0.154. The molecule has 0 radical (unpaired) electrons. The van der Waals surface area contributed by atoms with E-state index in [1.165, 1.54) is 4.57 Å². The Hall–Kier alpha value is -3.97. The molecule has 0 bridgehead atoms. The third-order valence-electron chi connectivity index (χ3n) is 5.39. The first-order valence-electron chi connectivity index (χ1n) is 10.8. The summed E-state index contributed by atoms with van der Waals surface area (Å²) in [5.41, 5.74) is 3.21. The highest BCUT2D eigenvalue weighted by molar-refractivity contribution is 6.31. The number of carbonyl (C=O) groups excluding carboxylic acids is 2. The SMILES string of the molecule is CCC(=O)Nc1ccccc1-c1nc2ccccc2n(CC(=O)Nc2ccc(C)c(Cl)c2)c1=O. The molecule has 1 heterocycles. The molecule has 1 aromatic heterocycles. The molecule has 0 aliphatic rings. The monoisotopic (exact) mass is 474 g/mol. The van der Waals surface area contributed by atoms with Crippen molar-refractivity contribution >= 4 is 45.8 Å². The first-order chi connectivity index (χ1) is 16.4. The molecule has 7 nitrogen and oxygen atoms in total. The molecule has 0 spiro atoms. The number of hydrogen-bond donors (Lipinski definition) is 2. The van der Waals surface area contributed by atoms with Gasteiger partial charge in [-0.1, -0.05) is 54.9 Å². The molecule has 2 N–H and O–H groups in total. The number of aryl methyl sites for hydroxylation is 1. The molecule has 0 unspecified atom stereocenters. The normalized spacial score (nSPS) is 10.8. The average Bonchev–Trinajstić information content (AvgIpc) is 2.83. The Balaban J connectivity index is 1.77. The lowest BCUT2D eigenvalue weighted by molar-refractivity contribution is -0.117. The van der Waals surface area contributed by atoms with Gasteiger partial charge in [0.2, 0.25) is 11.8 Å². The van der Waals surface area contributed by atoms with Gasteiger partial charge in [0.1, 0.15) is 12.2 Å². The number of benzene rings is 3. The van der Waals surface area contributed by atoms with E-state index in [0.29, 0.717) is 39.4 Å². The van der Waals surface area contributed by atoms with Crippen molar-refractivity contribution in [2.24, 2.45) is 0 Å². The summed E-state index contributed by atoms with van der Waals surface area (Å²) >= 11 is 6.17. The van der Waals surface area contributed by atoms with Gasteiger partial charge in [-0.05, 0) is 42.8 Å². The van der Waals surface area contributed by atoms with Crippen LogP contribution in [0, 0.1) is 6.92 Å². The van der Waals surface area contributed by atoms with Crippen LogP contribution in [0.3, 0.4) is 0 Å². The van der Waals surface area contributed by atoms with E-state index >= 15 is 0 Å². The van der Waals surface area contributed by atoms with Crippen LogP contribution in [-0.4, -0.2) is 21.4 Å². The number of nitrogens with zero attached hydrogens (tertiary/aromatic N) is 2. The second-order valence-corrected chi connectivity index (χ2v) is 8.21. The zero-order valence-corrected chi connectivity index (χ0v) is 19.5. The minimum absolute atomic E-state index is 0.150. The summed E-state index contributed by atoms with van der Waals surface area (Å²) in [5, 5.41) is 6.15. The second kappa shape index (κ2) is 9.89. The fourth-order valence-corrected chi connectivity index (χ4v) is 3.76. The highest BCUT2D eigenvalue weighted by Crippen LogP contribution is 2.26. The topological polar surface area (TPSA) is 93.1 Å². The van der Waals surface area contributed by atoms with Gasteiger partial charge in [0, 0.05) is 22.7 Å². The van der Waals surface area contributed by atoms with Crippen LogP contribution < -0.4 is 16.2 Å². The van der Waals surface area contributed by atoms with Gasteiger partial charge in [0.15, 0.2) is 0 Å². The number of rotatable bonds is 6. The van der Waals surface area contributed by atoms with Gasteiger partial charge >= 0.3 is 0 Å². The average molecular weight is 475 g/mol. The van der Waals surface area contributed by atoms with E-state index in [9.17, 15) is 14.4 Å². The summed E-state index contributed by atoms with van der Waals surface area (Å²) in [6, 6.07) is 19.3. The molecule has 0 fully saturated rings. The first-order valence-corrected chi connectivity index (χ1v) is 11.2. The van der Waals surface area contributed by atoms with Crippen LogP contribution in [0.25, 0.3) is 22.3 Å². The number of carbonyl (C=O) groups is 2. The molecule has 172 valence electrons. The number of halogens is 1. The van der Waals surface area contributed by atoms with E-state index in [1.807, 2.05) is 19.1 Å². The van der Waals surface area contributed by atoms with Crippen LogP contribution in [0.2, 0.25) is 5.02 Å². The summed E-state index contributed by atoms with van der Waals surface area (Å²) in [7, 11) is 0. The van der Waals surface area contributed by atoms with E-state index in [4.69, 9.17) is 11.6 Å². The Morgan fingerprint density at radius 3 is 2.47 bits per heavy atom. The molecule has 0 aliphatic carbocycles. The number of amides is 2. The van der Waals surface area contributed by atoms with Gasteiger partial charge in [-0.15, -0.1) is 0 Å². The minimum atomic E-state index is -0.436. The first kappa shape index (κ1) is 23.2. The molecule has 8 heteroatoms. The Morgan fingerprint density at radius 2 is 1.71 bits per heavy atom. The van der Waals surface area contributed by atoms with Gasteiger partial charge in [0.05, 0.1) is 16.7 Å². The summed E-state index contributed by atoms with van der Waals surface area (Å²) in [4.78, 5) is 43.0. The Bertz CT molecular complexity index is 1460. The van der Waals surface area contributed by atoms with Gasteiger partial charge < -0.3 is 10.6 Å². The highest BCUT2D eigenvalue weighted by atomic mass is 35.5. The Labute approximate surface area is 201 Å². The van der Waals surface area contributed by atoms with Crippen molar-refractivity contribution in [1.82, 2.24) is 9.55 Å². The minimum Gasteiger partial charge on any atom is -0.325 e. The van der Waals surface area contributed by atoms with E-state index in [-0.39, 0.29) is 24.1 Å². The largest absolute Gasteiger partial charge is 0.325 e. The lowest BCUT2D eigenvalue weighted by Crippen LogP contribution is -2.30. The Morgan fingerprint density at radius 1 is 0.971 bits per heavy atom. The molecule has 4 rings (SSSR count). The molecule has 0 saturated carbocycles. The van der Waals surface area contributed by atoms with Crippen molar-refractivity contribution in [3.8, 4) is 11.3 Å². The van der Waals surface area contributed by atoms with E-state index in [1.54, 1.807) is 61.5 Å². The smallest absolute Gasteiger partial charge is 0.278 e. The van der Waals surface area contributed by atoms with E-state index in [2.05, 4.69) is 15.6 Å². The van der Waals surface area contributed by atoms with Crippen molar-refractivity contribution in [2.75, 3.05) is 10.6 Å². The maximum Gasteiger partial charge on any atom is 0.278 e. The molecule has 0 aliphatic heterocycles. The number of aromatic nitrogens is 2. The zero-order chi connectivity index (χ0) is 24.2. The van der Waals surface area contributed by atoms with Gasteiger partial charge in [-0.25, -0.2) is 4.98 Å². The molecular weight excluding hydrogens is 452 g/mol. The number of hydrogen-bond acceptors (Lipinski definition) is 4. The summed E-state index contributed by atoms with van der Waals surface area (Å²) in [6.45, 7) is 3.40. The number of nitrogens with one attached hydrogen (secondary N) is 2. The van der Waals surface area contributed by atoms with E-state index in [0.717, 1.165) is 5.56 Å². The van der Waals surface area contributed by atoms with Gasteiger partial charge in [-0.2, -0.15) is 0 Å². The summed E-state index contributed by atoms with van der Waals surface area (Å²) in [6.07, 6.45) is 0.299. The van der Waals surface area contributed by atoms with Gasteiger partial charge in [0.25, 0.3) is 5.56 Å². The van der Waals surface area contributed by atoms with Crippen molar-refractivity contribution < 1.29 is 9.59 Å². The molecule has 4 aromatic rings. The number of anilines is 2. The van der Waals surface area contributed by atoms with E-state index < -0.39 is 5.56 Å². The predicted molar refractivity (Wildman–Crippen MR) is 135 cm³/mol. The van der Waals surface area contributed by atoms with Crippen LogP contribution in [0.5, 0.6) is 0 Å². The highest BCUT2D eigenvalue weighted by Gasteiger charge is 2.18. The van der Waals surface area contributed by atoms with Crippen molar-refractivity contribution in [3.05, 3.63) is 87.7 Å². The zero-order valence-electron chi connectivity index (χ0n) is 18.8. The second-order valence-electron chi connectivity index (χ2n) is 7.80. The van der Waals surface area contributed by atoms with Crippen LogP contribution in [0.15, 0.2) is 71.5 Å². The molecule has 2 amide bonds. The number of fused-ring (bicyclic) bond motifs is 1. The molecule has 0 saturated heterocycles. The van der Waals surface area contributed by atoms with Crippen LogP contribution in [-0.2, 0) is 16.1 Å². The van der Waals surface area contributed by atoms with Crippen LogP contribution in [0.4, 0.5) is 11.4 Å². The molecule has 34 heavy (non-hydrogen) atoms. The third-order valence-corrected chi connectivity index (χ3v) is 5.79. The molecule has 3 aromatic carbocycles. The fourth-order valence-electron chi connectivity index (χ4n) is 3.58. The van der Waals surface area contributed by atoms with Gasteiger partial charge in [-0.3, -0.25) is 19.0 Å². The molecular formula is C26H23ClN4O3. The summed E-state index contributed by atoms with van der Waals surface area (Å²) in [5.74, 6) is -0.554. The predicted octanol–water partition coefficient (Wildman–Crippen LogP) is 5.01. The maximum absolute atomic E-state index is 13.6. The summed E-state index contributed by atoms with van der Waals surface area (Å²) < 4.78 is 1.39. The standard InChI is InChI=1S/C26H23ClN4O3/c1-3-23(32)29-20-9-5-4-8-18(20)25-26(34)31(22-11-7-6-10-21(22)30-25)15-24(33)28-17-13-12-16(2)19(27)14-17/h4-14H,3,15H2,1-2H3,(H,28,33)(H,29,32). The third kappa shape index (κ3) is 4.84. The van der Waals surface area contributed by atoms with Crippen LogP contribution in [0.1, 0.15) is 18.9 Å². The quantitative estimate of drug-likeness (QED) is 0.410. The van der Waals surface area contributed by atoms with Crippen molar-refractivity contribution in [2.45, 2.75) is 26.8 Å². The van der Waals surface area contributed by atoms with Crippen LogP contribution >= 0.6 is 11.6 Å². The Kier molecular flexibility index (Phi) is 6.75. The lowest BCUT2D eigenvalue weighted by Gasteiger charge is -2.15.